The standard InChI is InChI=1S/C14H26ClN3O/c1-4-5-6-13-17-12(14(15)18-13)8-16-11(9-19)7-10(2)3/h10-11,16,19H,4-9H2,1-3H3,(H,17,18). The molecule has 110 valence electrons. The molecule has 1 heterocycles. The van der Waals surface area contributed by atoms with E-state index in [1.165, 1.54) is 0 Å². The molecule has 0 aliphatic heterocycles. The van der Waals surface area contributed by atoms with Crippen molar-refractivity contribution in [3.8, 4) is 0 Å². The third-order valence-electron chi connectivity index (χ3n) is 3.09. The summed E-state index contributed by atoms with van der Waals surface area (Å²) in [4.78, 5) is 7.58. The minimum atomic E-state index is 0.110. The first kappa shape index (κ1) is 16.5. The van der Waals surface area contributed by atoms with E-state index in [-0.39, 0.29) is 12.6 Å². The molecule has 3 N–H and O–H groups in total. The summed E-state index contributed by atoms with van der Waals surface area (Å²) < 4.78 is 0. The minimum absolute atomic E-state index is 0.110. The quantitative estimate of drug-likeness (QED) is 0.654. The van der Waals surface area contributed by atoms with Gasteiger partial charge < -0.3 is 15.4 Å². The molecule has 0 saturated carbocycles. The number of unbranched alkanes of at least 4 members (excludes halogenated alkanes) is 1. The van der Waals surface area contributed by atoms with E-state index in [2.05, 4.69) is 36.1 Å². The maximum absolute atomic E-state index is 9.32. The van der Waals surface area contributed by atoms with Crippen molar-refractivity contribution in [1.29, 1.82) is 0 Å². The number of nitrogens with one attached hydrogen (secondary N) is 2. The molecule has 0 fully saturated rings. The number of H-pyrrole nitrogens is 1. The van der Waals surface area contributed by atoms with Crippen LogP contribution in [0.25, 0.3) is 0 Å². The van der Waals surface area contributed by atoms with E-state index in [1.807, 2.05) is 0 Å². The maximum Gasteiger partial charge on any atom is 0.151 e. The molecule has 0 bridgehead atoms. The summed E-state index contributed by atoms with van der Waals surface area (Å²) in [7, 11) is 0. The van der Waals surface area contributed by atoms with Crippen LogP contribution in [-0.4, -0.2) is 27.7 Å². The van der Waals surface area contributed by atoms with Crippen LogP contribution in [0, 0.1) is 5.92 Å². The lowest BCUT2D eigenvalue weighted by Gasteiger charge is -2.17. The fraction of sp³-hybridized carbons (Fsp3) is 0.786. The van der Waals surface area contributed by atoms with Crippen LogP contribution in [0.3, 0.4) is 0 Å². The molecule has 1 aromatic heterocycles. The Labute approximate surface area is 121 Å². The highest BCUT2D eigenvalue weighted by molar-refractivity contribution is 6.30. The van der Waals surface area contributed by atoms with Crippen LogP contribution < -0.4 is 5.32 Å². The van der Waals surface area contributed by atoms with Gasteiger partial charge in [-0.3, -0.25) is 0 Å². The first-order valence-electron chi connectivity index (χ1n) is 7.14. The molecule has 1 unspecified atom stereocenters. The molecule has 0 aliphatic rings. The smallest absolute Gasteiger partial charge is 0.151 e. The molecular weight excluding hydrogens is 262 g/mol. The van der Waals surface area contributed by atoms with E-state index < -0.39 is 0 Å². The molecule has 1 atom stereocenters. The summed E-state index contributed by atoms with van der Waals surface area (Å²) in [5.41, 5.74) is 0.912. The van der Waals surface area contributed by atoms with Gasteiger partial charge >= 0.3 is 0 Å². The number of rotatable bonds is 9. The minimum Gasteiger partial charge on any atom is -0.395 e. The molecule has 0 aromatic carbocycles. The summed E-state index contributed by atoms with van der Waals surface area (Å²) in [5.74, 6) is 1.51. The lowest BCUT2D eigenvalue weighted by Crippen LogP contribution is -2.33. The number of aromatic nitrogens is 2. The van der Waals surface area contributed by atoms with E-state index in [4.69, 9.17) is 11.6 Å². The normalized spacial score (nSPS) is 13.2. The van der Waals surface area contributed by atoms with Crippen LogP contribution in [0.1, 0.15) is 51.6 Å². The molecule has 0 spiro atoms. The number of halogens is 1. The van der Waals surface area contributed by atoms with Crippen molar-refractivity contribution in [1.82, 2.24) is 15.3 Å². The molecule has 1 aromatic rings. The summed E-state index contributed by atoms with van der Waals surface area (Å²) in [6.07, 6.45) is 4.15. The Morgan fingerprint density at radius 1 is 1.42 bits per heavy atom. The molecular formula is C14H26ClN3O. The average Bonchev–Trinajstić information content (AvgIpc) is 2.72. The third kappa shape index (κ3) is 5.93. The topological polar surface area (TPSA) is 60.9 Å². The number of imidazole rings is 1. The van der Waals surface area contributed by atoms with Crippen LogP contribution in [-0.2, 0) is 13.0 Å². The van der Waals surface area contributed by atoms with Gasteiger partial charge in [0.25, 0.3) is 0 Å². The highest BCUT2D eigenvalue weighted by Gasteiger charge is 2.12. The van der Waals surface area contributed by atoms with Crippen LogP contribution in [0.2, 0.25) is 5.15 Å². The van der Waals surface area contributed by atoms with Crippen molar-refractivity contribution >= 4 is 11.6 Å². The highest BCUT2D eigenvalue weighted by Crippen LogP contribution is 2.14. The van der Waals surface area contributed by atoms with Gasteiger partial charge in [-0.05, 0) is 18.8 Å². The number of aliphatic hydroxyl groups is 1. The van der Waals surface area contributed by atoms with Crippen molar-refractivity contribution < 1.29 is 5.11 Å². The Hall–Kier alpha value is -0.580. The second-order valence-corrected chi connectivity index (χ2v) is 5.80. The van der Waals surface area contributed by atoms with Crippen LogP contribution in [0.15, 0.2) is 0 Å². The van der Waals surface area contributed by atoms with Crippen molar-refractivity contribution in [2.45, 2.75) is 59.0 Å². The largest absolute Gasteiger partial charge is 0.395 e. The summed E-state index contributed by atoms with van der Waals surface area (Å²) >= 11 is 6.11. The van der Waals surface area contributed by atoms with Crippen LogP contribution in [0.5, 0.6) is 0 Å². The molecule has 19 heavy (non-hydrogen) atoms. The number of hydrogen-bond acceptors (Lipinski definition) is 3. The number of aromatic amines is 1. The lowest BCUT2D eigenvalue weighted by molar-refractivity contribution is 0.223. The molecule has 0 aliphatic carbocycles. The Morgan fingerprint density at radius 3 is 2.74 bits per heavy atom. The number of hydrogen-bond donors (Lipinski definition) is 3. The zero-order valence-corrected chi connectivity index (χ0v) is 12.9. The van der Waals surface area contributed by atoms with E-state index >= 15 is 0 Å². The van der Waals surface area contributed by atoms with Gasteiger partial charge in [0.2, 0.25) is 0 Å². The summed E-state index contributed by atoms with van der Waals surface area (Å²) in [6, 6.07) is 0.110. The number of nitrogens with zero attached hydrogens (tertiary/aromatic N) is 1. The van der Waals surface area contributed by atoms with Crippen LogP contribution in [0.4, 0.5) is 0 Å². The van der Waals surface area contributed by atoms with Gasteiger partial charge in [-0.2, -0.15) is 0 Å². The molecule has 0 radical (unpaired) electrons. The monoisotopic (exact) mass is 287 g/mol. The first-order chi connectivity index (χ1) is 9.06. The lowest BCUT2D eigenvalue weighted by atomic mass is 10.0. The van der Waals surface area contributed by atoms with E-state index in [9.17, 15) is 5.11 Å². The SMILES string of the molecule is CCCCc1nc(Cl)c(CNC(CO)CC(C)C)[nH]1. The van der Waals surface area contributed by atoms with Gasteiger partial charge in [0.15, 0.2) is 5.15 Å². The molecule has 4 nitrogen and oxygen atoms in total. The van der Waals surface area contributed by atoms with Gasteiger partial charge in [-0.25, -0.2) is 4.98 Å². The first-order valence-corrected chi connectivity index (χ1v) is 7.52. The van der Waals surface area contributed by atoms with E-state index in [0.717, 1.165) is 37.2 Å². The Bertz CT molecular complexity index is 366. The van der Waals surface area contributed by atoms with Gasteiger partial charge in [0.05, 0.1) is 12.3 Å². The predicted molar refractivity (Wildman–Crippen MR) is 79.4 cm³/mol. The zero-order valence-electron chi connectivity index (χ0n) is 12.2. The predicted octanol–water partition coefficient (Wildman–Crippen LogP) is 2.90. The van der Waals surface area contributed by atoms with E-state index in [1.54, 1.807) is 0 Å². The Kier molecular flexibility index (Phi) is 7.42. The fourth-order valence-corrected chi connectivity index (χ4v) is 2.27. The van der Waals surface area contributed by atoms with Crippen molar-refractivity contribution in [2.75, 3.05) is 6.61 Å². The average molecular weight is 288 g/mol. The summed E-state index contributed by atoms with van der Waals surface area (Å²) in [6.45, 7) is 7.22. The summed E-state index contributed by atoms with van der Waals surface area (Å²) in [5, 5.41) is 13.2. The second-order valence-electron chi connectivity index (χ2n) is 5.45. The zero-order chi connectivity index (χ0) is 14.3. The fourth-order valence-electron chi connectivity index (χ4n) is 2.06. The Morgan fingerprint density at radius 2 is 2.16 bits per heavy atom. The van der Waals surface area contributed by atoms with Crippen molar-refractivity contribution in [2.24, 2.45) is 5.92 Å². The maximum atomic E-state index is 9.32. The number of aliphatic hydroxyl groups excluding tert-OH is 1. The molecule has 0 amide bonds. The third-order valence-corrected chi connectivity index (χ3v) is 3.40. The second kappa shape index (κ2) is 8.56. The van der Waals surface area contributed by atoms with Crippen LogP contribution >= 0.6 is 11.6 Å². The number of aryl methyl sites for hydroxylation is 1. The van der Waals surface area contributed by atoms with Gasteiger partial charge in [-0.15, -0.1) is 0 Å². The van der Waals surface area contributed by atoms with Crippen molar-refractivity contribution in [3.63, 3.8) is 0 Å². The Balaban J connectivity index is 2.49. The highest BCUT2D eigenvalue weighted by atomic mass is 35.5. The molecule has 1 rings (SSSR count). The van der Waals surface area contributed by atoms with Gasteiger partial charge in [-0.1, -0.05) is 38.8 Å². The van der Waals surface area contributed by atoms with Gasteiger partial charge in [0, 0.05) is 19.0 Å². The van der Waals surface area contributed by atoms with Crippen molar-refractivity contribution in [3.05, 3.63) is 16.7 Å². The molecule has 5 heteroatoms. The van der Waals surface area contributed by atoms with Gasteiger partial charge in [0.1, 0.15) is 5.82 Å². The molecule has 0 saturated heterocycles. The van der Waals surface area contributed by atoms with E-state index in [0.29, 0.717) is 17.6 Å².